The SMILES string of the molecule is COC(=O)c1ccc(N(C)C)c(C(C)ON)c1. The van der Waals surface area contributed by atoms with Crippen LogP contribution < -0.4 is 10.8 Å². The number of benzene rings is 1. The van der Waals surface area contributed by atoms with Crippen LogP contribution in [0.3, 0.4) is 0 Å². The summed E-state index contributed by atoms with van der Waals surface area (Å²) in [6.45, 7) is 1.82. The maximum Gasteiger partial charge on any atom is 0.337 e. The van der Waals surface area contributed by atoms with Crippen molar-refractivity contribution in [3.8, 4) is 0 Å². The van der Waals surface area contributed by atoms with Gasteiger partial charge in [0, 0.05) is 25.3 Å². The molecule has 1 atom stereocenters. The second-order valence-electron chi connectivity index (χ2n) is 3.94. The molecule has 0 fully saturated rings. The maximum absolute atomic E-state index is 11.4. The normalized spacial score (nSPS) is 12.1. The molecule has 1 aromatic carbocycles. The average molecular weight is 238 g/mol. The van der Waals surface area contributed by atoms with Crippen LogP contribution in [0.1, 0.15) is 28.9 Å². The zero-order valence-corrected chi connectivity index (χ0v) is 10.6. The summed E-state index contributed by atoms with van der Waals surface area (Å²) in [6, 6.07) is 5.30. The number of rotatable bonds is 4. The number of methoxy groups -OCH3 is 1. The van der Waals surface area contributed by atoms with Crippen LogP contribution in [0.25, 0.3) is 0 Å². The molecule has 17 heavy (non-hydrogen) atoms. The third kappa shape index (κ3) is 2.95. The molecular formula is C12H18N2O3. The van der Waals surface area contributed by atoms with Crippen molar-refractivity contribution >= 4 is 11.7 Å². The number of ether oxygens (including phenoxy) is 1. The quantitative estimate of drug-likeness (QED) is 0.636. The van der Waals surface area contributed by atoms with Gasteiger partial charge in [0.25, 0.3) is 0 Å². The first-order chi connectivity index (χ1) is 8.01. The number of anilines is 1. The van der Waals surface area contributed by atoms with Gasteiger partial charge in [0.2, 0.25) is 0 Å². The van der Waals surface area contributed by atoms with Crippen LogP contribution in [-0.4, -0.2) is 27.2 Å². The minimum atomic E-state index is -0.374. The third-order valence-corrected chi connectivity index (χ3v) is 2.57. The predicted octanol–water partition coefficient (Wildman–Crippen LogP) is 1.49. The van der Waals surface area contributed by atoms with E-state index in [0.29, 0.717) is 5.56 Å². The zero-order valence-electron chi connectivity index (χ0n) is 10.6. The average Bonchev–Trinajstić information content (AvgIpc) is 2.35. The summed E-state index contributed by atoms with van der Waals surface area (Å²) < 4.78 is 4.68. The summed E-state index contributed by atoms with van der Waals surface area (Å²) in [5.74, 6) is 4.82. The van der Waals surface area contributed by atoms with Gasteiger partial charge in [0.05, 0.1) is 12.7 Å². The Hall–Kier alpha value is -1.59. The van der Waals surface area contributed by atoms with Crippen LogP contribution in [0.5, 0.6) is 0 Å². The second kappa shape index (κ2) is 5.65. The highest BCUT2D eigenvalue weighted by Crippen LogP contribution is 2.27. The Bertz CT molecular complexity index is 405. The smallest absolute Gasteiger partial charge is 0.337 e. The van der Waals surface area contributed by atoms with Gasteiger partial charge in [-0.1, -0.05) is 0 Å². The van der Waals surface area contributed by atoms with E-state index in [1.54, 1.807) is 12.1 Å². The fourth-order valence-corrected chi connectivity index (χ4v) is 1.61. The topological polar surface area (TPSA) is 64.8 Å². The molecule has 5 nitrogen and oxygen atoms in total. The Morgan fingerprint density at radius 3 is 2.53 bits per heavy atom. The van der Waals surface area contributed by atoms with Crippen molar-refractivity contribution in [1.29, 1.82) is 0 Å². The van der Waals surface area contributed by atoms with Crippen LogP contribution in [0, 0.1) is 0 Å². The summed E-state index contributed by atoms with van der Waals surface area (Å²) in [5, 5.41) is 0. The van der Waals surface area contributed by atoms with Crippen LogP contribution >= 0.6 is 0 Å². The minimum Gasteiger partial charge on any atom is -0.465 e. The number of nitrogens with two attached hydrogens (primary N) is 1. The molecule has 0 saturated carbocycles. The lowest BCUT2D eigenvalue weighted by Crippen LogP contribution is -2.16. The van der Waals surface area contributed by atoms with E-state index in [0.717, 1.165) is 11.3 Å². The largest absolute Gasteiger partial charge is 0.465 e. The van der Waals surface area contributed by atoms with Gasteiger partial charge < -0.3 is 9.64 Å². The molecule has 1 aromatic rings. The molecule has 0 aliphatic heterocycles. The van der Waals surface area contributed by atoms with E-state index in [1.165, 1.54) is 7.11 Å². The van der Waals surface area contributed by atoms with E-state index < -0.39 is 0 Å². The monoisotopic (exact) mass is 238 g/mol. The third-order valence-electron chi connectivity index (χ3n) is 2.57. The molecule has 0 aliphatic rings. The lowest BCUT2D eigenvalue weighted by Gasteiger charge is -2.21. The van der Waals surface area contributed by atoms with Gasteiger partial charge in [0.1, 0.15) is 6.10 Å². The van der Waals surface area contributed by atoms with Crippen LogP contribution in [0.4, 0.5) is 5.69 Å². The Morgan fingerprint density at radius 1 is 1.41 bits per heavy atom. The lowest BCUT2D eigenvalue weighted by molar-refractivity contribution is 0.0595. The first-order valence-corrected chi connectivity index (χ1v) is 5.26. The molecule has 1 rings (SSSR count). The van der Waals surface area contributed by atoms with Gasteiger partial charge in [0.15, 0.2) is 0 Å². The van der Waals surface area contributed by atoms with Crippen molar-refractivity contribution in [2.45, 2.75) is 13.0 Å². The molecule has 94 valence electrons. The molecule has 0 bridgehead atoms. The molecule has 0 aromatic heterocycles. The minimum absolute atomic E-state index is 0.294. The maximum atomic E-state index is 11.4. The highest BCUT2D eigenvalue weighted by molar-refractivity contribution is 5.90. The molecule has 0 amide bonds. The van der Waals surface area contributed by atoms with Crippen molar-refractivity contribution in [3.63, 3.8) is 0 Å². The predicted molar refractivity (Wildman–Crippen MR) is 65.8 cm³/mol. The van der Waals surface area contributed by atoms with Gasteiger partial charge in [-0.15, -0.1) is 0 Å². The fraction of sp³-hybridized carbons (Fsp3) is 0.417. The first-order valence-electron chi connectivity index (χ1n) is 5.26. The van der Waals surface area contributed by atoms with Crippen LogP contribution in [0.2, 0.25) is 0 Å². The molecule has 0 heterocycles. The van der Waals surface area contributed by atoms with Gasteiger partial charge in [-0.05, 0) is 25.1 Å². The van der Waals surface area contributed by atoms with E-state index in [9.17, 15) is 4.79 Å². The number of hydrogen-bond donors (Lipinski definition) is 1. The Labute approximate surface area is 101 Å². The molecule has 0 spiro atoms. The van der Waals surface area contributed by atoms with Gasteiger partial charge in [-0.2, -0.15) is 0 Å². The van der Waals surface area contributed by atoms with Crippen LogP contribution in [-0.2, 0) is 9.57 Å². The first kappa shape index (κ1) is 13.5. The summed E-state index contributed by atoms with van der Waals surface area (Å²) in [7, 11) is 5.19. The highest BCUT2D eigenvalue weighted by atomic mass is 16.6. The van der Waals surface area contributed by atoms with Gasteiger partial charge >= 0.3 is 5.97 Å². The number of nitrogens with zero attached hydrogens (tertiary/aromatic N) is 1. The Balaban J connectivity index is 3.23. The standard InChI is InChI=1S/C12H18N2O3/c1-8(17-13)10-7-9(12(15)16-4)5-6-11(10)14(2)3/h5-8H,13H2,1-4H3. The van der Waals surface area contributed by atoms with Crippen LogP contribution in [0.15, 0.2) is 18.2 Å². The van der Waals surface area contributed by atoms with Crippen molar-refractivity contribution in [2.24, 2.45) is 5.90 Å². The molecule has 0 radical (unpaired) electrons. The zero-order chi connectivity index (χ0) is 13.0. The van der Waals surface area contributed by atoms with Gasteiger partial charge in [-0.25, -0.2) is 10.7 Å². The lowest BCUT2D eigenvalue weighted by atomic mass is 10.0. The molecule has 0 aliphatic carbocycles. The fourth-order valence-electron chi connectivity index (χ4n) is 1.61. The molecule has 1 unspecified atom stereocenters. The number of hydrogen-bond acceptors (Lipinski definition) is 5. The highest BCUT2D eigenvalue weighted by Gasteiger charge is 2.15. The second-order valence-corrected chi connectivity index (χ2v) is 3.94. The van der Waals surface area contributed by atoms with E-state index in [4.69, 9.17) is 10.7 Å². The summed E-state index contributed by atoms with van der Waals surface area (Å²) in [6.07, 6.45) is -0.294. The van der Waals surface area contributed by atoms with E-state index in [1.807, 2.05) is 32.0 Å². The molecule has 0 saturated heterocycles. The summed E-state index contributed by atoms with van der Waals surface area (Å²) >= 11 is 0. The number of esters is 1. The summed E-state index contributed by atoms with van der Waals surface area (Å²) in [4.78, 5) is 18.2. The number of carbonyl (C=O) groups is 1. The molecular weight excluding hydrogens is 220 g/mol. The van der Waals surface area contributed by atoms with Crippen molar-refractivity contribution in [1.82, 2.24) is 0 Å². The Morgan fingerprint density at radius 2 is 2.06 bits per heavy atom. The molecule has 2 N–H and O–H groups in total. The van der Waals surface area contributed by atoms with Crippen molar-refractivity contribution in [2.75, 3.05) is 26.1 Å². The number of carbonyl (C=O) groups excluding carboxylic acids is 1. The van der Waals surface area contributed by atoms with E-state index in [2.05, 4.69) is 4.74 Å². The Kier molecular flexibility index (Phi) is 4.48. The molecule has 5 heteroatoms. The summed E-state index contributed by atoms with van der Waals surface area (Å²) in [5.41, 5.74) is 2.29. The van der Waals surface area contributed by atoms with Crippen molar-refractivity contribution in [3.05, 3.63) is 29.3 Å². The van der Waals surface area contributed by atoms with Crippen molar-refractivity contribution < 1.29 is 14.4 Å². The van der Waals surface area contributed by atoms with E-state index in [-0.39, 0.29) is 12.1 Å². The van der Waals surface area contributed by atoms with Gasteiger partial charge in [-0.3, -0.25) is 4.84 Å². The van der Waals surface area contributed by atoms with E-state index >= 15 is 0 Å².